The van der Waals surface area contributed by atoms with E-state index in [0.29, 0.717) is 11.8 Å². The summed E-state index contributed by atoms with van der Waals surface area (Å²) in [4.78, 5) is 11.8. The van der Waals surface area contributed by atoms with Crippen LogP contribution in [0.15, 0.2) is 67.1 Å². The molecule has 0 bridgehead atoms. The molecule has 0 N–H and O–H groups in total. The molecular weight excluding hydrogens is 375 g/mol. The lowest BCUT2D eigenvalue weighted by Crippen LogP contribution is -2.39. The van der Waals surface area contributed by atoms with E-state index in [1.165, 1.54) is 18.6 Å². The van der Waals surface area contributed by atoms with Gasteiger partial charge in [0.1, 0.15) is 18.0 Å². The molecule has 1 aliphatic rings. The van der Waals surface area contributed by atoms with Gasteiger partial charge >= 0.3 is 0 Å². The van der Waals surface area contributed by atoms with Gasteiger partial charge in [0.05, 0.1) is 5.39 Å². The van der Waals surface area contributed by atoms with Crippen LogP contribution in [0.1, 0.15) is 20.3 Å². The SMILES string of the molecule is C[C@H]1C[C@H](C)CN(c2ncnc3c2c(-c2ccccc2)cn3-c2ccc(F)cc2)C1. The van der Waals surface area contributed by atoms with Gasteiger partial charge in [-0.05, 0) is 48.1 Å². The van der Waals surface area contributed by atoms with Gasteiger partial charge in [-0.25, -0.2) is 14.4 Å². The van der Waals surface area contributed by atoms with Crippen molar-refractivity contribution in [3.63, 3.8) is 0 Å². The van der Waals surface area contributed by atoms with Crippen molar-refractivity contribution in [2.24, 2.45) is 11.8 Å². The summed E-state index contributed by atoms with van der Waals surface area (Å²) in [6, 6.07) is 16.9. The smallest absolute Gasteiger partial charge is 0.150 e. The lowest BCUT2D eigenvalue weighted by Gasteiger charge is -2.36. The summed E-state index contributed by atoms with van der Waals surface area (Å²) in [7, 11) is 0. The lowest BCUT2D eigenvalue weighted by molar-refractivity contribution is 0.356. The Bertz CT molecular complexity index is 1160. The molecular formula is C25H25FN4. The average molecular weight is 401 g/mol. The second-order valence-corrected chi connectivity index (χ2v) is 8.50. The lowest BCUT2D eigenvalue weighted by atomic mass is 9.91. The molecule has 1 aliphatic heterocycles. The Morgan fingerprint density at radius 2 is 1.60 bits per heavy atom. The normalized spacial score (nSPS) is 19.4. The minimum Gasteiger partial charge on any atom is -0.355 e. The fourth-order valence-corrected chi connectivity index (χ4v) is 4.76. The van der Waals surface area contributed by atoms with Crippen molar-refractivity contribution in [1.29, 1.82) is 0 Å². The third kappa shape index (κ3) is 3.34. The van der Waals surface area contributed by atoms with Crippen LogP contribution in [0.5, 0.6) is 0 Å². The molecule has 4 aromatic rings. The van der Waals surface area contributed by atoms with Crippen LogP contribution in [0.25, 0.3) is 27.8 Å². The fraction of sp³-hybridized carbons (Fsp3) is 0.280. The monoisotopic (exact) mass is 400 g/mol. The molecule has 0 aliphatic carbocycles. The number of halogens is 1. The topological polar surface area (TPSA) is 34.0 Å². The van der Waals surface area contributed by atoms with Crippen molar-refractivity contribution < 1.29 is 4.39 Å². The molecule has 1 saturated heterocycles. The van der Waals surface area contributed by atoms with Gasteiger partial charge in [0, 0.05) is 30.5 Å². The zero-order valence-corrected chi connectivity index (χ0v) is 17.3. The Kier molecular flexibility index (Phi) is 4.74. The van der Waals surface area contributed by atoms with Crippen LogP contribution in [-0.4, -0.2) is 27.6 Å². The van der Waals surface area contributed by atoms with Crippen molar-refractivity contribution >= 4 is 16.9 Å². The summed E-state index contributed by atoms with van der Waals surface area (Å²) in [6.45, 7) is 6.60. The quantitative estimate of drug-likeness (QED) is 0.442. The first-order valence-electron chi connectivity index (χ1n) is 10.5. The van der Waals surface area contributed by atoms with Crippen molar-refractivity contribution in [1.82, 2.24) is 14.5 Å². The number of rotatable bonds is 3. The standard InChI is InChI=1S/C25H25FN4/c1-17-12-18(2)14-29(13-17)24-23-22(19-6-4-3-5-7-19)15-30(25(23)28-16-27-24)21-10-8-20(26)9-11-21/h3-11,15-18H,12-14H2,1-2H3/t17-,18-/m0/s1. The Labute approximate surface area is 176 Å². The Balaban J connectivity index is 1.75. The molecule has 0 saturated carbocycles. The summed E-state index contributed by atoms with van der Waals surface area (Å²) in [6.07, 6.45) is 4.99. The minimum atomic E-state index is -0.245. The first-order chi connectivity index (χ1) is 14.6. The number of anilines is 1. The Hall–Kier alpha value is -3.21. The number of nitrogens with zero attached hydrogens (tertiary/aromatic N) is 4. The number of piperidine rings is 1. The van der Waals surface area contributed by atoms with Gasteiger partial charge in [-0.15, -0.1) is 0 Å². The third-order valence-electron chi connectivity index (χ3n) is 5.92. The van der Waals surface area contributed by atoms with E-state index in [2.05, 4.69) is 42.1 Å². The van der Waals surface area contributed by atoms with E-state index < -0.39 is 0 Å². The van der Waals surface area contributed by atoms with Crippen LogP contribution in [0.4, 0.5) is 10.2 Å². The number of hydrogen-bond donors (Lipinski definition) is 0. The third-order valence-corrected chi connectivity index (χ3v) is 5.92. The zero-order valence-electron chi connectivity index (χ0n) is 17.3. The van der Waals surface area contributed by atoms with E-state index in [4.69, 9.17) is 4.98 Å². The minimum absolute atomic E-state index is 0.245. The van der Waals surface area contributed by atoms with Gasteiger partial charge in [0.2, 0.25) is 0 Å². The van der Waals surface area contributed by atoms with Gasteiger partial charge < -0.3 is 9.47 Å². The van der Waals surface area contributed by atoms with E-state index in [1.54, 1.807) is 18.5 Å². The second kappa shape index (κ2) is 7.56. The molecule has 0 radical (unpaired) electrons. The van der Waals surface area contributed by atoms with Crippen molar-refractivity contribution in [3.8, 4) is 16.8 Å². The predicted octanol–water partition coefficient (Wildman–Crippen LogP) is 5.71. The van der Waals surface area contributed by atoms with Crippen LogP contribution in [0.3, 0.4) is 0 Å². The first-order valence-corrected chi connectivity index (χ1v) is 10.5. The van der Waals surface area contributed by atoms with E-state index >= 15 is 0 Å². The predicted molar refractivity (Wildman–Crippen MR) is 119 cm³/mol. The molecule has 2 aromatic carbocycles. The van der Waals surface area contributed by atoms with Crippen LogP contribution in [0.2, 0.25) is 0 Å². The largest absolute Gasteiger partial charge is 0.355 e. The van der Waals surface area contributed by atoms with Gasteiger partial charge in [0.25, 0.3) is 0 Å². The maximum absolute atomic E-state index is 13.5. The summed E-state index contributed by atoms with van der Waals surface area (Å²) in [5.74, 6) is 1.99. The fourth-order valence-electron chi connectivity index (χ4n) is 4.76. The molecule has 2 atom stereocenters. The van der Waals surface area contributed by atoms with E-state index in [-0.39, 0.29) is 5.82 Å². The number of fused-ring (bicyclic) bond motifs is 1. The molecule has 3 heterocycles. The summed E-state index contributed by atoms with van der Waals surface area (Å²) < 4.78 is 15.6. The molecule has 30 heavy (non-hydrogen) atoms. The summed E-state index contributed by atoms with van der Waals surface area (Å²) >= 11 is 0. The molecule has 4 nitrogen and oxygen atoms in total. The maximum Gasteiger partial charge on any atom is 0.150 e. The molecule has 5 rings (SSSR count). The van der Waals surface area contributed by atoms with Crippen molar-refractivity contribution in [2.75, 3.05) is 18.0 Å². The first kappa shape index (κ1) is 18.8. The van der Waals surface area contributed by atoms with Crippen LogP contribution in [0, 0.1) is 17.7 Å². The molecule has 5 heteroatoms. The molecule has 2 aromatic heterocycles. The zero-order chi connectivity index (χ0) is 20.7. The van der Waals surface area contributed by atoms with E-state index in [0.717, 1.165) is 46.8 Å². The summed E-state index contributed by atoms with van der Waals surface area (Å²) in [5, 5.41) is 1.05. The number of aromatic nitrogens is 3. The maximum atomic E-state index is 13.5. The molecule has 0 unspecified atom stereocenters. The van der Waals surface area contributed by atoms with Gasteiger partial charge in [0.15, 0.2) is 5.65 Å². The number of hydrogen-bond acceptors (Lipinski definition) is 3. The van der Waals surface area contributed by atoms with Gasteiger partial charge in [-0.2, -0.15) is 0 Å². The molecule has 0 spiro atoms. The highest BCUT2D eigenvalue weighted by Gasteiger charge is 2.26. The van der Waals surface area contributed by atoms with Crippen LogP contribution < -0.4 is 4.90 Å². The molecule has 152 valence electrons. The number of benzene rings is 2. The van der Waals surface area contributed by atoms with Gasteiger partial charge in [-0.3, -0.25) is 0 Å². The summed E-state index contributed by atoms with van der Waals surface area (Å²) in [5.41, 5.74) is 3.94. The Morgan fingerprint density at radius 1 is 0.900 bits per heavy atom. The Morgan fingerprint density at radius 3 is 2.30 bits per heavy atom. The molecule has 1 fully saturated rings. The van der Waals surface area contributed by atoms with Crippen LogP contribution in [-0.2, 0) is 0 Å². The van der Waals surface area contributed by atoms with Crippen LogP contribution >= 0.6 is 0 Å². The second-order valence-electron chi connectivity index (χ2n) is 8.50. The van der Waals surface area contributed by atoms with E-state index in [9.17, 15) is 4.39 Å². The van der Waals surface area contributed by atoms with E-state index in [1.807, 2.05) is 22.8 Å². The highest BCUT2D eigenvalue weighted by Crippen LogP contribution is 2.38. The average Bonchev–Trinajstić information content (AvgIpc) is 3.14. The highest BCUT2D eigenvalue weighted by atomic mass is 19.1. The molecule has 0 amide bonds. The van der Waals surface area contributed by atoms with Gasteiger partial charge in [-0.1, -0.05) is 44.2 Å². The highest BCUT2D eigenvalue weighted by molar-refractivity contribution is 6.02. The van der Waals surface area contributed by atoms with Crippen molar-refractivity contribution in [3.05, 3.63) is 72.9 Å². The van der Waals surface area contributed by atoms with Crippen molar-refractivity contribution in [2.45, 2.75) is 20.3 Å².